The summed E-state index contributed by atoms with van der Waals surface area (Å²) in [5.74, 6) is 1.32. The van der Waals surface area contributed by atoms with Crippen LogP contribution < -0.4 is 11.1 Å². The minimum absolute atomic E-state index is 0. The fourth-order valence-corrected chi connectivity index (χ4v) is 4.06. The molecule has 4 nitrogen and oxygen atoms in total. The number of anilines is 1. The number of carbonyl (C=O) groups is 1. The number of aromatic nitrogens is 1. The van der Waals surface area contributed by atoms with Crippen LogP contribution in [-0.2, 0) is 4.79 Å². The van der Waals surface area contributed by atoms with Gasteiger partial charge in [0.2, 0.25) is 5.91 Å². The van der Waals surface area contributed by atoms with Gasteiger partial charge < -0.3 is 11.1 Å². The number of hydrogen-bond donors (Lipinski definition) is 2. The summed E-state index contributed by atoms with van der Waals surface area (Å²) >= 11 is 0. The molecule has 2 aliphatic carbocycles. The number of nitrogens with two attached hydrogens (primary N) is 1. The number of pyridine rings is 1. The fourth-order valence-electron chi connectivity index (χ4n) is 4.06. The summed E-state index contributed by atoms with van der Waals surface area (Å²) in [4.78, 5) is 17.0. The Kier molecular flexibility index (Phi) is 7.30. The van der Waals surface area contributed by atoms with E-state index in [1.807, 2.05) is 26.0 Å². The number of nitrogens with one attached hydrogen (secondary N) is 1. The summed E-state index contributed by atoms with van der Waals surface area (Å²) in [5.41, 5.74) is 9.00. The summed E-state index contributed by atoms with van der Waals surface area (Å²) in [5, 5.41) is 3.07. The van der Waals surface area contributed by atoms with E-state index in [-0.39, 0.29) is 36.6 Å². The summed E-state index contributed by atoms with van der Waals surface area (Å²) in [7, 11) is 0. The second kappa shape index (κ2) is 8.32. The van der Waals surface area contributed by atoms with Crippen LogP contribution in [0.5, 0.6) is 0 Å². The minimum Gasteiger partial charge on any atom is -0.327 e. The first-order chi connectivity index (χ1) is 10.0. The Balaban J connectivity index is 0.00000132. The highest BCUT2D eigenvalue weighted by molar-refractivity contribution is 5.93. The first-order valence-corrected chi connectivity index (χ1v) is 8.05. The molecular weight excluding hydrogens is 333 g/mol. The van der Waals surface area contributed by atoms with E-state index in [0.717, 1.165) is 29.9 Å². The van der Waals surface area contributed by atoms with E-state index in [1.54, 1.807) is 0 Å². The molecule has 3 rings (SSSR count). The minimum atomic E-state index is 0. The number of halogens is 2. The van der Waals surface area contributed by atoms with Gasteiger partial charge in [-0.05, 0) is 63.5 Å². The third-order valence-electron chi connectivity index (χ3n) is 5.27. The average molecular weight is 360 g/mol. The highest BCUT2D eigenvalue weighted by Gasteiger charge is 2.40. The quantitative estimate of drug-likeness (QED) is 0.846. The maximum atomic E-state index is 12.6. The number of amides is 1. The van der Waals surface area contributed by atoms with E-state index in [0.29, 0.717) is 17.9 Å². The maximum absolute atomic E-state index is 12.6. The summed E-state index contributed by atoms with van der Waals surface area (Å²) in [6, 6.07) is 4.20. The van der Waals surface area contributed by atoms with E-state index in [4.69, 9.17) is 5.73 Å². The van der Waals surface area contributed by atoms with Gasteiger partial charge in [-0.25, -0.2) is 0 Å². The van der Waals surface area contributed by atoms with Gasteiger partial charge in [0.05, 0.1) is 11.4 Å². The normalized spacial score (nSPS) is 29.0. The van der Waals surface area contributed by atoms with Gasteiger partial charge in [0.25, 0.3) is 0 Å². The third kappa shape index (κ3) is 4.37. The first-order valence-electron chi connectivity index (χ1n) is 8.05. The molecule has 2 aliphatic rings. The second-order valence-corrected chi connectivity index (χ2v) is 6.77. The molecule has 1 aromatic rings. The van der Waals surface area contributed by atoms with Gasteiger partial charge in [0.15, 0.2) is 0 Å². The van der Waals surface area contributed by atoms with Crippen molar-refractivity contribution in [1.82, 2.24) is 4.98 Å². The van der Waals surface area contributed by atoms with Crippen molar-refractivity contribution in [3.8, 4) is 0 Å². The molecule has 2 unspecified atom stereocenters. The molecular formula is C17H27Cl2N3O. The van der Waals surface area contributed by atoms with Crippen LogP contribution in [0, 0.1) is 31.6 Å². The van der Waals surface area contributed by atoms with Gasteiger partial charge >= 0.3 is 0 Å². The standard InChI is InChI=1S/C17H25N3O.2ClH/c1-10-6-7-15(11(2)19-10)20-17(21)14-8-12-4-3-5-13(9-14)16(12)18;;/h6-7,12-14,16H,3-5,8-9,18H2,1-2H3,(H,20,21);2*1H. The molecule has 23 heavy (non-hydrogen) atoms. The van der Waals surface area contributed by atoms with Crippen molar-refractivity contribution in [3.63, 3.8) is 0 Å². The van der Waals surface area contributed by atoms with Gasteiger partial charge in [-0.15, -0.1) is 24.8 Å². The lowest BCUT2D eigenvalue weighted by Gasteiger charge is -2.43. The molecule has 0 spiro atoms. The molecule has 2 saturated carbocycles. The number of fused-ring (bicyclic) bond motifs is 2. The molecule has 130 valence electrons. The van der Waals surface area contributed by atoms with Crippen LogP contribution in [0.25, 0.3) is 0 Å². The van der Waals surface area contributed by atoms with Crippen molar-refractivity contribution < 1.29 is 4.79 Å². The van der Waals surface area contributed by atoms with Crippen molar-refractivity contribution in [2.75, 3.05) is 5.32 Å². The number of nitrogens with zero attached hydrogens (tertiary/aromatic N) is 1. The van der Waals surface area contributed by atoms with Crippen LogP contribution in [-0.4, -0.2) is 16.9 Å². The molecule has 1 amide bonds. The highest BCUT2D eigenvalue weighted by atomic mass is 35.5. The smallest absolute Gasteiger partial charge is 0.227 e. The zero-order valence-corrected chi connectivity index (χ0v) is 15.4. The molecule has 1 heterocycles. The average Bonchev–Trinajstić information content (AvgIpc) is 2.41. The van der Waals surface area contributed by atoms with Crippen LogP contribution in [0.1, 0.15) is 43.5 Å². The van der Waals surface area contributed by atoms with Crippen molar-refractivity contribution in [3.05, 3.63) is 23.5 Å². The number of carbonyl (C=O) groups excluding carboxylic acids is 1. The molecule has 0 saturated heterocycles. The maximum Gasteiger partial charge on any atom is 0.227 e. The van der Waals surface area contributed by atoms with Gasteiger partial charge in [0, 0.05) is 17.7 Å². The molecule has 1 aromatic heterocycles. The lowest BCUT2D eigenvalue weighted by Crippen LogP contribution is -2.48. The van der Waals surface area contributed by atoms with E-state index < -0.39 is 0 Å². The molecule has 6 heteroatoms. The SMILES string of the molecule is Cc1ccc(NC(=O)C2CC3CCCC(C2)C3N)c(C)n1.Cl.Cl. The van der Waals surface area contributed by atoms with E-state index in [2.05, 4.69) is 10.3 Å². The Labute approximate surface area is 150 Å². The third-order valence-corrected chi connectivity index (χ3v) is 5.27. The van der Waals surface area contributed by atoms with Crippen molar-refractivity contribution in [2.45, 2.75) is 52.0 Å². The Morgan fingerprint density at radius 1 is 1.17 bits per heavy atom. The molecule has 2 fully saturated rings. The number of hydrogen-bond acceptors (Lipinski definition) is 3. The van der Waals surface area contributed by atoms with Crippen LogP contribution in [0.4, 0.5) is 5.69 Å². The first kappa shape index (κ1) is 20.2. The number of aryl methyl sites for hydroxylation is 2. The van der Waals surface area contributed by atoms with Crippen molar-refractivity contribution >= 4 is 36.4 Å². The van der Waals surface area contributed by atoms with Crippen molar-refractivity contribution in [1.29, 1.82) is 0 Å². The summed E-state index contributed by atoms with van der Waals surface area (Å²) in [6.45, 7) is 3.90. The van der Waals surface area contributed by atoms with Crippen LogP contribution in [0.15, 0.2) is 12.1 Å². The Hall–Kier alpha value is -0.840. The monoisotopic (exact) mass is 359 g/mol. The Bertz CT molecular complexity index is 539. The molecule has 0 radical (unpaired) electrons. The van der Waals surface area contributed by atoms with Crippen LogP contribution in [0.2, 0.25) is 0 Å². The second-order valence-electron chi connectivity index (χ2n) is 6.77. The number of rotatable bonds is 2. The highest BCUT2D eigenvalue weighted by Crippen LogP contribution is 2.42. The van der Waals surface area contributed by atoms with Gasteiger partial charge in [-0.3, -0.25) is 9.78 Å². The predicted octanol–water partition coefficient (Wildman–Crippen LogP) is 3.63. The fraction of sp³-hybridized carbons (Fsp3) is 0.647. The topological polar surface area (TPSA) is 68.0 Å². The summed E-state index contributed by atoms with van der Waals surface area (Å²) < 4.78 is 0. The van der Waals surface area contributed by atoms with Gasteiger partial charge in [0.1, 0.15) is 0 Å². The Morgan fingerprint density at radius 2 is 1.78 bits per heavy atom. The zero-order valence-electron chi connectivity index (χ0n) is 13.7. The molecule has 2 bridgehead atoms. The molecule has 2 atom stereocenters. The van der Waals surface area contributed by atoms with Gasteiger partial charge in [-0.2, -0.15) is 0 Å². The predicted molar refractivity (Wildman–Crippen MR) is 98.4 cm³/mol. The largest absolute Gasteiger partial charge is 0.327 e. The van der Waals surface area contributed by atoms with Crippen LogP contribution in [0.3, 0.4) is 0 Å². The lowest BCUT2D eigenvalue weighted by atomic mass is 9.65. The van der Waals surface area contributed by atoms with E-state index in [1.165, 1.54) is 19.3 Å². The summed E-state index contributed by atoms with van der Waals surface area (Å²) in [6.07, 6.45) is 5.54. The van der Waals surface area contributed by atoms with Crippen LogP contribution >= 0.6 is 24.8 Å². The van der Waals surface area contributed by atoms with E-state index >= 15 is 0 Å². The zero-order chi connectivity index (χ0) is 15.0. The van der Waals surface area contributed by atoms with E-state index in [9.17, 15) is 4.79 Å². The Morgan fingerprint density at radius 3 is 2.35 bits per heavy atom. The lowest BCUT2D eigenvalue weighted by molar-refractivity contribution is -0.122. The molecule has 0 aromatic carbocycles. The molecule has 0 aliphatic heterocycles. The van der Waals surface area contributed by atoms with Gasteiger partial charge in [-0.1, -0.05) is 6.42 Å². The van der Waals surface area contributed by atoms with Crippen molar-refractivity contribution in [2.24, 2.45) is 23.5 Å². The molecule has 3 N–H and O–H groups in total.